The van der Waals surface area contributed by atoms with Gasteiger partial charge in [0.1, 0.15) is 18.8 Å². The van der Waals surface area contributed by atoms with Gasteiger partial charge in [-0.25, -0.2) is 14.5 Å². The first kappa shape index (κ1) is 18.4. The van der Waals surface area contributed by atoms with Crippen molar-refractivity contribution in [3.05, 3.63) is 12.2 Å². The fourth-order valence-electron chi connectivity index (χ4n) is 1.19. The van der Waals surface area contributed by atoms with Crippen LogP contribution in [0.3, 0.4) is 0 Å². The summed E-state index contributed by atoms with van der Waals surface area (Å²) in [6.07, 6.45) is 0.556. The van der Waals surface area contributed by atoms with E-state index in [4.69, 9.17) is 9.62 Å². The Bertz CT molecular complexity index is 336. The smallest absolute Gasteiger partial charge is 0.459 e. The lowest BCUT2D eigenvalue weighted by atomic mass is 10.0. The minimum Gasteiger partial charge on any atom is -0.459 e. The van der Waals surface area contributed by atoms with Gasteiger partial charge in [-0.15, -0.1) is 0 Å². The minimum absolute atomic E-state index is 0.0943. The molecule has 0 amide bonds. The van der Waals surface area contributed by atoms with E-state index in [2.05, 4.69) is 21.2 Å². The van der Waals surface area contributed by atoms with Gasteiger partial charge in [0.2, 0.25) is 0 Å². The topological polar surface area (TPSA) is 80.3 Å². The number of ether oxygens (including phenoxy) is 2. The summed E-state index contributed by atoms with van der Waals surface area (Å²) in [6, 6.07) is 0. The third-order valence-electron chi connectivity index (χ3n) is 2.10. The van der Waals surface area contributed by atoms with Crippen molar-refractivity contribution >= 4 is 12.1 Å². The molecule has 0 aromatic rings. The Morgan fingerprint density at radius 1 is 1.15 bits per heavy atom. The molecule has 20 heavy (non-hydrogen) atoms. The largest absolute Gasteiger partial charge is 0.542 e. The summed E-state index contributed by atoms with van der Waals surface area (Å²) in [5.41, 5.74) is -0.297. The Kier molecular flexibility index (Phi) is 8.58. The molecule has 0 atom stereocenters. The molecule has 0 heterocycles. The third-order valence-corrected chi connectivity index (χ3v) is 2.10. The summed E-state index contributed by atoms with van der Waals surface area (Å²) in [4.78, 5) is 31.2. The Morgan fingerprint density at radius 3 is 2.30 bits per heavy atom. The van der Waals surface area contributed by atoms with Crippen LogP contribution >= 0.6 is 0 Å². The highest BCUT2D eigenvalue weighted by Crippen LogP contribution is 2.16. The number of hydrogen-bond acceptors (Lipinski definition) is 7. The van der Waals surface area contributed by atoms with E-state index in [1.807, 2.05) is 6.92 Å². The van der Waals surface area contributed by atoms with Crippen molar-refractivity contribution in [2.24, 2.45) is 0 Å². The number of hydrogen-bond donors (Lipinski definition) is 0. The summed E-state index contributed by atoms with van der Waals surface area (Å²) in [5, 5.41) is 4.33. The van der Waals surface area contributed by atoms with Gasteiger partial charge in [0.05, 0.1) is 0 Å². The third kappa shape index (κ3) is 9.35. The zero-order valence-electron chi connectivity index (χ0n) is 12.4. The molecule has 0 aliphatic rings. The summed E-state index contributed by atoms with van der Waals surface area (Å²) in [5.74, 6) is -0.553. The molecule has 0 bridgehead atoms. The fourth-order valence-corrected chi connectivity index (χ4v) is 1.19. The summed E-state index contributed by atoms with van der Waals surface area (Å²) in [7, 11) is 0. The molecule has 0 aromatic carbocycles. The number of esters is 1. The second-order valence-corrected chi connectivity index (χ2v) is 4.76. The second kappa shape index (κ2) is 9.33. The first-order valence-corrected chi connectivity index (χ1v) is 6.30. The van der Waals surface area contributed by atoms with Crippen LogP contribution in [0.1, 0.15) is 40.5 Å². The molecule has 0 unspecified atom stereocenters. The van der Waals surface area contributed by atoms with E-state index in [-0.39, 0.29) is 18.8 Å². The lowest BCUT2D eigenvalue weighted by Crippen LogP contribution is -2.25. The molecule has 0 aromatic heterocycles. The lowest BCUT2D eigenvalue weighted by Gasteiger charge is -2.20. The summed E-state index contributed by atoms with van der Waals surface area (Å²) in [6.45, 7) is 10.3. The van der Waals surface area contributed by atoms with Gasteiger partial charge in [0, 0.05) is 5.57 Å². The molecular weight excluding hydrogens is 268 g/mol. The maximum absolute atomic E-state index is 11.1. The molecule has 0 spiro atoms. The van der Waals surface area contributed by atoms with Crippen molar-refractivity contribution in [1.29, 1.82) is 0 Å². The van der Waals surface area contributed by atoms with E-state index in [1.54, 1.807) is 13.8 Å². The normalized spacial score (nSPS) is 10.8. The van der Waals surface area contributed by atoms with Crippen molar-refractivity contribution in [2.75, 3.05) is 13.2 Å². The minimum atomic E-state index is -1.08. The van der Waals surface area contributed by atoms with Gasteiger partial charge in [-0.05, 0) is 32.2 Å². The van der Waals surface area contributed by atoms with Crippen LogP contribution in [0.15, 0.2) is 12.2 Å². The molecular formula is C13H22O7. The lowest BCUT2D eigenvalue weighted by molar-refractivity contribution is -0.517. The molecule has 7 nitrogen and oxygen atoms in total. The summed E-state index contributed by atoms with van der Waals surface area (Å²) < 4.78 is 9.28. The van der Waals surface area contributed by atoms with E-state index in [0.29, 0.717) is 0 Å². The molecule has 0 N–H and O–H groups in total. The quantitative estimate of drug-likeness (QED) is 0.212. The van der Waals surface area contributed by atoms with E-state index >= 15 is 0 Å². The maximum Gasteiger partial charge on any atom is 0.542 e. The van der Waals surface area contributed by atoms with Crippen LogP contribution in [0, 0.1) is 0 Å². The first-order valence-electron chi connectivity index (χ1n) is 6.30. The first-order chi connectivity index (χ1) is 9.28. The van der Waals surface area contributed by atoms with Crippen LogP contribution < -0.4 is 0 Å². The average molecular weight is 290 g/mol. The number of carbonyl (C=O) groups excluding carboxylic acids is 2. The highest BCUT2D eigenvalue weighted by Gasteiger charge is 2.20. The van der Waals surface area contributed by atoms with E-state index in [1.165, 1.54) is 6.92 Å². The van der Waals surface area contributed by atoms with Gasteiger partial charge in [-0.1, -0.05) is 19.9 Å². The van der Waals surface area contributed by atoms with Crippen LogP contribution in [0.5, 0.6) is 0 Å². The zero-order chi connectivity index (χ0) is 15.6. The Hall–Kier alpha value is -1.60. The van der Waals surface area contributed by atoms with Crippen LogP contribution in [-0.2, 0) is 29.1 Å². The predicted octanol–water partition coefficient (Wildman–Crippen LogP) is 2.70. The molecule has 0 saturated carbocycles. The van der Waals surface area contributed by atoms with Gasteiger partial charge in [0.25, 0.3) is 0 Å². The van der Waals surface area contributed by atoms with Gasteiger partial charge in [-0.3, -0.25) is 0 Å². The van der Waals surface area contributed by atoms with Crippen LogP contribution in [-0.4, -0.2) is 30.9 Å². The van der Waals surface area contributed by atoms with E-state index in [0.717, 1.165) is 12.8 Å². The number of rotatable bonds is 9. The Morgan fingerprint density at radius 2 is 1.75 bits per heavy atom. The maximum atomic E-state index is 11.1. The fraction of sp³-hybridized carbons (Fsp3) is 0.692. The van der Waals surface area contributed by atoms with Crippen LogP contribution in [0.2, 0.25) is 0 Å². The number of carbonyl (C=O) groups is 2. The molecule has 0 aliphatic heterocycles. The summed E-state index contributed by atoms with van der Waals surface area (Å²) >= 11 is 0. The van der Waals surface area contributed by atoms with Gasteiger partial charge >= 0.3 is 12.1 Å². The Labute approximate surface area is 118 Å². The molecule has 116 valence electrons. The highest BCUT2D eigenvalue weighted by molar-refractivity contribution is 5.86. The highest BCUT2D eigenvalue weighted by atomic mass is 17.5. The monoisotopic (exact) mass is 290 g/mol. The average Bonchev–Trinajstić information content (AvgIpc) is 2.33. The van der Waals surface area contributed by atoms with Crippen LogP contribution in [0.25, 0.3) is 0 Å². The molecule has 0 rings (SSSR count). The van der Waals surface area contributed by atoms with Crippen molar-refractivity contribution in [1.82, 2.24) is 0 Å². The van der Waals surface area contributed by atoms with Crippen molar-refractivity contribution in [3.63, 3.8) is 0 Å². The van der Waals surface area contributed by atoms with E-state index in [9.17, 15) is 9.59 Å². The standard InChI is InChI=1S/C13H22O7/c1-6-7-13(4,5)19-20-18-12(15)17-9-8-16-11(14)10(2)3/h2,6-9H2,1,3-5H3. The molecule has 0 radical (unpaired) electrons. The zero-order valence-corrected chi connectivity index (χ0v) is 12.4. The van der Waals surface area contributed by atoms with E-state index < -0.39 is 17.7 Å². The Balaban J connectivity index is 3.65. The molecule has 7 heteroatoms. The predicted molar refractivity (Wildman–Crippen MR) is 69.4 cm³/mol. The van der Waals surface area contributed by atoms with Gasteiger partial charge in [0.15, 0.2) is 0 Å². The SMILES string of the molecule is C=C(C)C(=O)OCCOC(=O)OOOC(C)(C)CCC. The second-order valence-electron chi connectivity index (χ2n) is 4.76. The van der Waals surface area contributed by atoms with Crippen LogP contribution in [0.4, 0.5) is 4.79 Å². The van der Waals surface area contributed by atoms with Crippen molar-refractivity contribution in [3.8, 4) is 0 Å². The van der Waals surface area contributed by atoms with Gasteiger partial charge < -0.3 is 9.47 Å². The van der Waals surface area contributed by atoms with Gasteiger partial charge in [-0.2, -0.15) is 4.89 Å². The molecule has 0 fully saturated rings. The van der Waals surface area contributed by atoms with Crippen molar-refractivity contribution in [2.45, 2.75) is 46.1 Å². The molecule has 0 saturated heterocycles. The molecule has 0 aliphatic carbocycles. The van der Waals surface area contributed by atoms with Crippen molar-refractivity contribution < 1.29 is 33.9 Å².